The van der Waals surface area contributed by atoms with E-state index in [1.807, 2.05) is 0 Å². The number of rotatable bonds is 22. The predicted octanol–water partition coefficient (Wildman–Crippen LogP) is 2.74. The Bertz CT molecular complexity index is 1470. The molecule has 0 spiro atoms. The van der Waals surface area contributed by atoms with Gasteiger partial charge in [-0.3, -0.25) is 0 Å². The van der Waals surface area contributed by atoms with E-state index in [1.165, 1.54) is 36.8 Å². The average Bonchev–Trinajstić information content (AvgIpc) is 3.19. The lowest BCUT2D eigenvalue weighted by Crippen LogP contribution is -2.64. The number of unbranched alkanes of at least 4 members (excludes halogenated alkanes) is 8. The van der Waals surface area contributed by atoms with Crippen LogP contribution in [-0.4, -0.2) is 136 Å². The number of hydrogen-bond acceptors (Lipinski definition) is 16. The van der Waals surface area contributed by atoms with Crippen LogP contribution in [0.3, 0.4) is 0 Å². The molecule has 0 radical (unpaired) electrons. The summed E-state index contributed by atoms with van der Waals surface area (Å²) in [5.74, 6) is -1.21. The molecule has 2 fully saturated rings. The van der Waals surface area contributed by atoms with Crippen molar-refractivity contribution in [2.24, 2.45) is 0 Å². The van der Waals surface area contributed by atoms with Crippen LogP contribution in [0.25, 0.3) is 0 Å². The molecule has 2 saturated heterocycles. The number of aliphatic hydroxyl groups is 6. The van der Waals surface area contributed by atoms with Gasteiger partial charge in [0, 0.05) is 6.07 Å². The third-order valence-electron chi connectivity index (χ3n) is 9.68. The highest BCUT2D eigenvalue weighted by molar-refractivity contribution is 5.92. The number of aromatic hydroxyl groups is 1. The van der Waals surface area contributed by atoms with Gasteiger partial charge in [0.25, 0.3) is 0 Å². The Labute approximate surface area is 326 Å². The second kappa shape index (κ2) is 23.0. The van der Waals surface area contributed by atoms with Gasteiger partial charge in [-0.15, -0.1) is 0 Å². The Hall–Kier alpha value is -3.58. The average molecular weight is 795 g/mol. The van der Waals surface area contributed by atoms with E-state index in [0.29, 0.717) is 24.7 Å². The van der Waals surface area contributed by atoms with E-state index in [4.69, 9.17) is 33.2 Å². The molecule has 0 saturated carbocycles. The van der Waals surface area contributed by atoms with Crippen LogP contribution in [0.1, 0.15) is 98.8 Å². The smallest absolute Gasteiger partial charge is 0.342 e. The van der Waals surface area contributed by atoms with Crippen LogP contribution in [0.5, 0.6) is 17.2 Å². The van der Waals surface area contributed by atoms with Gasteiger partial charge in [-0.05, 0) is 49.2 Å². The quantitative estimate of drug-likeness (QED) is 0.0670. The Kier molecular flexibility index (Phi) is 18.5. The first-order chi connectivity index (χ1) is 26.9. The Morgan fingerprint density at radius 3 is 1.54 bits per heavy atom. The van der Waals surface area contributed by atoms with Crippen LogP contribution in [0.15, 0.2) is 42.5 Å². The molecule has 0 aliphatic carbocycles. The molecule has 56 heavy (non-hydrogen) atoms. The van der Waals surface area contributed by atoms with Crippen molar-refractivity contribution in [3.63, 3.8) is 0 Å². The van der Waals surface area contributed by atoms with Crippen LogP contribution >= 0.6 is 0 Å². The van der Waals surface area contributed by atoms with E-state index in [9.17, 15) is 45.3 Å². The highest BCUT2D eigenvalue weighted by Crippen LogP contribution is 2.30. The molecule has 0 amide bonds. The molecule has 6 unspecified atom stereocenters. The zero-order valence-corrected chi connectivity index (χ0v) is 32.0. The molecule has 2 aliphatic heterocycles. The highest BCUT2D eigenvalue weighted by atomic mass is 16.8. The topological polar surface area (TPSA) is 240 Å². The van der Waals surface area contributed by atoms with Gasteiger partial charge in [0.05, 0.1) is 18.8 Å². The van der Waals surface area contributed by atoms with Gasteiger partial charge in [-0.1, -0.05) is 65.2 Å². The number of benzene rings is 2. The number of hydrogen-bond donors (Lipinski definition) is 7. The van der Waals surface area contributed by atoms with E-state index in [2.05, 4.69) is 13.8 Å². The lowest BCUT2D eigenvalue weighted by molar-refractivity contribution is -0.376. The molecule has 2 aromatic rings. The van der Waals surface area contributed by atoms with Gasteiger partial charge in [-0.25, -0.2) is 9.59 Å². The van der Waals surface area contributed by atoms with Crippen LogP contribution in [0, 0.1) is 0 Å². The largest absolute Gasteiger partial charge is 0.507 e. The van der Waals surface area contributed by atoms with Gasteiger partial charge in [0.15, 0.2) is 12.6 Å². The third kappa shape index (κ3) is 13.0. The van der Waals surface area contributed by atoms with E-state index >= 15 is 0 Å². The maximum atomic E-state index is 12.8. The summed E-state index contributed by atoms with van der Waals surface area (Å²) in [6.07, 6.45) is -6.86. The molecule has 314 valence electrons. The number of carbonyl (C=O) groups is 2. The second-order valence-electron chi connectivity index (χ2n) is 14.1. The minimum absolute atomic E-state index is 0.182. The number of phenols is 1. The van der Waals surface area contributed by atoms with Crippen molar-refractivity contribution in [3.8, 4) is 17.2 Å². The Morgan fingerprint density at radius 2 is 1.04 bits per heavy atom. The lowest BCUT2D eigenvalue weighted by Gasteiger charge is -2.44. The van der Waals surface area contributed by atoms with Gasteiger partial charge in [0.2, 0.25) is 0 Å². The molecule has 16 heteroatoms. The fourth-order valence-corrected chi connectivity index (χ4v) is 6.19. The maximum Gasteiger partial charge on any atom is 0.342 e. The molecule has 2 aromatic carbocycles. The summed E-state index contributed by atoms with van der Waals surface area (Å²) >= 11 is 0. The van der Waals surface area contributed by atoms with Gasteiger partial charge >= 0.3 is 11.9 Å². The molecular formula is C40H58O16. The van der Waals surface area contributed by atoms with Crippen LogP contribution < -0.4 is 9.47 Å². The zero-order valence-electron chi connectivity index (χ0n) is 32.0. The molecule has 16 nitrogen and oxygen atoms in total. The van der Waals surface area contributed by atoms with E-state index in [1.54, 1.807) is 12.1 Å². The number of carbonyl (C=O) groups excluding carboxylic acids is 2. The number of phenolic OH excluding ortho intramolecular Hbond substituents is 1. The van der Waals surface area contributed by atoms with Crippen molar-refractivity contribution in [3.05, 3.63) is 53.6 Å². The summed E-state index contributed by atoms with van der Waals surface area (Å²) in [7, 11) is 0. The zero-order chi connectivity index (χ0) is 40.6. The Balaban J connectivity index is 1.28. The van der Waals surface area contributed by atoms with Gasteiger partial charge < -0.3 is 68.9 Å². The summed E-state index contributed by atoms with van der Waals surface area (Å²) in [5, 5.41) is 74.0. The third-order valence-corrected chi connectivity index (χ3v) is 9.68. The van der Waals surface area contributed by atoms with Gasteiger partial charge in [0.1, 0.15) is 84.9 Å². The predicted molar refractivity (Wildman–Crippen MR) is 198 cm³/mol. The van der Waals surface area contributed by atoms with Crippen molar-refractivity contribution >= 4 is 11.9 Å². The monoisotopic (exact) mass is 794 g/mol. The van der Waals surface area contributed by atoms with Crippen molar-refractivity contribution < 1.29 is 78.5 Å². The molecule has 2 heterocycles. The van der Waals surface area contributed by atoms with E-state index in [-0.39, 0.29) is 11.1 Å². The highest BCUT2D eigenvalue weighted by Gasteiger charge is 2.50. The first-order valence-corrected chi connectivity index (χ1v) is 19.5. The van der Waals surface area contributed by atoms with Gasteiger partial charge in [-0.2, -0.15) is 0 Å². The first-order valence-electron chi connectivity index (χ1n) is 19.5. The molecule has 7 N–H and O–H groups in total. The summed E-state index contributed by atoms with van der Waals surface area (Å²) in [4.78, 5) is 25.6. The minimum atomic E-state index is -1.91. The standard InChI is InChI=1S/C40H58O16/c1-3-5-7-9-11-19-50-25-15-13-24(14-16-25)37(48)52-22-29-31(42)33(44)35(46)39(54-29)56-40-36(47)34(45)32(43)30(55-40)23-53-38(49)27-18-17-26(21-28(27)41)51-20-12-10-8-6-4-2/h13-18,21,29-36,39-47H,3-12,19-20,22-23H2,1-2H3/t29?,30?,31-,32-,33?,34?,35?,36?,39-,40-/m1/s1. The van der Waals surface area contributed by atoms with Crippen molar-refractivity contribution in [2.45, 2.75) is 139 Å². The van der Waals surface area contributed by atoms with Crippen LogP contribution in [-0.2, 0) is 23.7 Å². The van der Waals surface area contributed by atoms with E-state index in [0.717, 1.165) is 57.8 Å². The number of esters is 2. The van der Waals surface area contributed by atoms with Crippen molar-refractivity contribution in [2.75, 3.05) is 26.4 Å². The first kappa shape index (κ1) is 45.1. The molecule has 0 bridgehead atoms. The van der Waals surface area contributed by atoms with Crippen LogP contribution in [0.2, 0.25) is 0 Å². The normalized spacial score (nSPS) is 27.7. The molecule has 0 aromatic heterocycles. The summed E-state index contributed by atoms with van der Waals surface area (Å²) in [5.41, 5.74) is -0.0201. The number of ether oxygens (including phenoxy) is 7. The molecule has 2 aliphatic rings. The fourth-order valence-electron chi connectivity index (χ4n) is 6.19. The molecule has 10 atom stereocenters. The fraction of sp³-hybridized carbons (Fsp3) is 0.650. The summed E-state index contributed by atoms with van der Waals surface area (Å²) in [6.45, 7) is 4.03. The summed E-state index contributed by atoms with van der Waals surface area (Å²) in [6, 6.07) is 10.4. The maximum absolute atomic E-state index is 12.8. The Morgan fingerprint density at radius 1 is 0.571 bits per heavy atom. The second-order valence-corrected chi connectivity index (χ2v) is 14.1. The SMILES string of the molecule is CCCCCCCOc1ccc(C(=O)OCC2O[C@H](O[C@H]3OC(COC(=O)c4ccc(OCCCCCCC)cc4O)[C@@H](O)C(O)C3O)C(O)C(O)[C@@H]2O)cc1. The lowest BCUT2D eigenvalue weighted by atomic mass is 9.98. The molecule has 4 rings (SSSR count). The molecular weight excluding hydrogens is 736 g/mol. The minimum Gasteiger partial charge on any atom is -0.507 e. The van der Waals surface area contributed by atoms with E-state index < -0.39 is 92.3 Å². The van der Waals surface area contributed by atoms with Crippen molar-refractivity contribution in [1.82, 2.24) is 0 Å². The number of aliphatic hydroxyl groups excluding tert-OH is 6. The van der Waals surface area contributed by atoms with Crippen molar-refractivity contribution in [1.29, 1.82) is 0 Å². The van der Waals surface area contributed by atoms with Crippen LogP contribution in [0.4, 0.5) is 0 Å². The summed E-state index contributed by atoms with van der Waals surface area (Å²) < 4.78 is 38.7.